The molecule has 1 aromatic heterocycles. The van der Waals surface area contributed by atoms with Crippen molar-refractivity contribution in [2.75, 3.05) is 26.2 Å². The number of aromatic nitrogens is 2. The van der Waals surface area contributed by atoms with Gasteiger partial charge in [-0.2, -0.15) is 4.98 Å². The number of hydrogen-bond acceptors (Lipinski definition) is 5. The van der Waals surface area contributed by atoms with Crippen molar-refractivity contribution in [2.24, 2.45) is 0 Å². The Hall–Kier alpha value is -1.99. The van der Waals surface area contributed by atoms with Crippen molar-refractivity contribution in [1.29, 1.82) is 0 Å². The Morgan fingerprint density at radius 1 is 1.38 bits per heavy atom. The number of amides is 1. The Balaban J connectivity index is 0.00000208. The molecular weight excluding hydrogens is 335 g/mol. The fourth-order valence-corrected chi connectivity index (χ4v) is 2.49. The van der Waals surface area contributed by atoms with Gasteiger partial charge >= 0.3 is 0 Å². The van der Waals surface area contributed by atoms with Crippen LogP contribution >= 0.6 is 12.4 Å². The SMILES string of the molecule is Cc1ccc(-c2noc(CCC(=O)N3CCNCC3)n2)cc1F.Cl. The van der Waals surface area contributed by atoms with Crippen LogP contribution in [0.1, 0.15) is 17.9 Å². The van der Waals surface area contributed by atoms with Gasteiger partial charge in [0.15, 0.2) is 0 Å². The molecule has 6 nitrogen and oxygen atoms in total. The first-order chi connectivity index (χ1) is 11.1. The minimum absolute atomic E-state index is 0. The number of carbonyl (C=O) groups excluding carboxylic acids is 1. The van der Waals surface area contributed by atoms with Gasteiger partial charge in [-0.1, -0.05) is 17.3 Å². The molecule has 1 saturated heterocycles. The lowest BCUT2D eigenvalue weighted by atomic mass is 10.1. The Labute approximate surface area is 145 Å². The molecule has 2 heterocycles. The highest BCUT2D eigenvalue weighted by Gasteiger charge is 2.17. The summed E-state index contributed by atoms with van der Waals surface area (Å²) in [7, 11) is 0. The molecule has 0 spiro atoms. The molecule has 2 aromatic rings. The van der Waals surface area contributed by atoms with Crippen molar-refractivity contribution in [1.82, 2.24) is 20.4 Å². The van der Waals surface area contributed by atoms with E-state index in [1.807, 2.05) is 4.90 Å². The topological polar surface area (TPSA) is 71.3 Å². The molecule has 1 aliphatic rings. The Kier molecular flexibility index (Phi) is 6.28. The van der Waals surface area contributed by atoms with E-state index in [9.17, 15) is 9.18 Å². The van der Waals surface area contributed by atoms with E-state index < -0.39 is 0 Å². The molecule has 130 valence electrons. The normalized spacial score (nSPS) is 14.3. The fraction of sp³-hybridized carbons (Fsp3) is 0.438. The first kappa shape index (κ1) is 18.4. The van der Waals surface area contributed by atoms with Crippen LogP contribution in [-0.2, 0) is 11.2 Å². The van der Waals surface area contributed by atoms with Crippen LogP contribution in [-0.4, -0.2) is 47.1 Å². The predicted octanol–water partition coefficient (Wildman–Crippen LogP) is 1.97. The second-order valence-electron chi connectivity index (χ2n) is 5.61. The molecule has 1 fully saturated rings. The van der Waals surface area contributed by atoms with Crippen LogP contribution in [0.25, 0.3) is 11.4 Å². The molecule has 0 unspecified atom stereocenters. The average molecular weight is 355 g/mol. The molecule has 1 amide bonds. The minimum Gasteiger partial charge on any atom is -0.340 e. The first-order valence-corrected chi connectivity index (χ1v) is 7.71. The summed E-state index contributed by atoms with van der Waals surface area (Å²) in [4.78, 5) is 18.2. The molecule has 8 heteroatoms. The van der Waals surface area contributed by atoms with Crippen LogP contribution in [0.2, 0.25) is 0 Å². The van der Waals surface area contributed by atoms with Crippen molar-refractivity contribution in [2.45, 2.75) is 19.8 Å². The maximum atomic E-state index is 13.6. The minimum atomic E-state index is -0.303. The molecule has 1 aliphatic heterocycles. The second-order valence-corrected chi connectivity index (χ2v) is 5.61. The molecule has 0 aliphatic carbocycles. The van der Waals surface area contributed by atoms with Crippen LogP contribution in [0.15, 0.2) is 22.7 Å². The number of benzene rings is 1. The smallest absolute Gasteiger partial charge is 0.227 e. The standard InChI is InChI=1S/C16H19FN4O2.ClH/c1-11-2-3-12(10-13(11)17)16-19-14(23-20-16)4-5-15(22)21-8-6-18-7-9-21;/h2-3,10,18H,4-9H2,1H3;1H. The van der Waals surface area contributed by atoms with Crippen LogP contribution < -0.4 is 5.32 Å². The van der Waals surface area contributed by atoms with Gasteiger partial charge in [-0.3, -0.25) is 4.79 Å². The van der Waals surface area contributed by atoms with Crippen LogP contribution in [0.5, 0.6) is 0 Å². The molecule has 3 rings (SSSR count). The van der Waals surface area contributed by atoms with E-state index in [0.717, 1.165) is 26.2 Å². The number of carbonyl (C=O) groups is 1. The Morgan fingerprint density at radius 3 is 2.83 bits per heavy atom. The quantitative estimate of drug-likeness (QED) is 0.909. The number of hydrogen-bond donors (Lipinski definition) is 1. The average Bonchev–Trinajstić information content (AvgIpc) is 3.05. The summed E-state index contributed by atoms with van der Waals surface area (Å²) in [5, 5.41) is 7.07. The first-order valence-electron chi connectivity index (χ1n) is 7.71. The lowest BCUT2D eigenvalue weighted by Crippen LogP contribution is -2.46. The Bertz CT molecular complexity index is 701. The summed E-state index contributed by atoms with van der Waals surface area (Å²) in [6.07, 6.45) is 0.730. The van der Waals surface area contributed by atoms with Crippen LogP contribution in [0.4, 0.5) is 4.39 Å². The summed E-state index contributed by atoms with van der Waals surface area (Å²) in [5.41, 5.74) is 1.13. The van der Waals surface area contributed by atoms with Crippen molar-refractivity contribution in [3.63, 3.8) is 0 Å². The van der Waals surface area contributed by atoms with Gasteiger partial charge in [-0.25, -0.2) is 4.39 Å². The molecule has 1 aromatic carbocycles. The number of nitrogens with zero attached hydrogens (tertiary/aromatic N) is 3. The van der Waals surface area contributed by atoms with Crippen molar-refractivity contribution >= 4 is 18.3 Å². The number of nitrogens with one attached hydrogen (secondary N) is 1. The summed E-state index contributed by atoms with van der Waals surface area (Å²) in [6.45, 7) is 4.82. The molecule has 0 bridgehead atoms. The van der Waals surface area contributed by atoms with Gasteiger partial charge < -0.3 is 14.7 Å². The van der Waals surface area contributed by atoms with E-state index in [0.29, 0.717) is 35.7 Å². The number of piperazine rings is 1. The van der Waals surface area contributed by atoms with Crippen LogP contribution in [0, 0.1) is 12.7 Å². The third kappa shape index (κ3) is 4.30. The highest BCUT2D eigenvalue weighted by Crippen LogP contribution is 2.19. The lowest BCUT2D eigenvalue weighted by Gasteiger charge is -2.27. The number of rotatable bonds is 4. The lowest BCUT2D eigenvalue weighted by molar-refractivity contribution is -0.131. The second kappa shape index (κ2) is 8.21. The largest absolute Gasteiger partial charge is 0.340 e. The molecule has 0 atom stereocenters. The zero-order chi connectivity index (χ0) is 16.2. The molecule has 0 radical (unpaired) electrons. The molecule has 24 heavy (non-hydrogen) atoms. The summed E-state index contributed by atoms with van der Waals surface area (Å²) in [6, 6.07) is 4.81. The van der Waals surface area contributed by atoms with E-state index in [1.165, 1.54) is 6.07 Å². The van der Waals surface area contributed by atoms with Gasteiger partial charge in [0.1, 0.15) is 5.82 Å². The van der Waals surface area contributed by atoms with Gasteiger partial charge in [0.2, 0.25) is 17.6 Å². The van der Waals surface area contributed by atoms with Gasteiger partial charge in [-0.15, -0.1) is 12.4 Å². The van der Waals surface area contributed by atoms with Gasteiger partial charge in [-0.05, 0) is 18.6 Å². The Morgan fingerprint density at radius 2 is 2.12 bits per heavy atom. The monoisotopic (exact) mass is 354 g/mol. The number of aryl methyl sites for hydroxylation is 2. The van der Waals surface area contributed by atoms with E-state index >= 15 is 0 Å². The highest BCUT2D eigenvalue weighted by molar-refractivity contribution is 5.85. The van der Waals surface area contributed by atoms with E-state index in [-0.39, 0.29) is 24.1 Å². The third-order valence-electron chi connectivity index (χ3n) is 3.92. The van der Waals surface area contributed by atoms with Crippen LogP contribution in [0.3, 0.4) is 0 Å². The van der Waals surface area contributed by atoms with E-state index in [2.05, 4.69) is 15.5 Å². The predicted molar refractivity (Wildman–Crippen MR) is 89.4 cm³/mol. The molecular formula is C16H20ClFN4O2. The summed E-state index contributed by atoms with van der Waals surface area (Å²) >= 11 is 0. The third-order valence-corrected chi connectivity index (χ3v) is 3.92. The zero-order valence-corrected chi connectivity index (χ0v) is 14.2. The van der Waals surface area contributed by atoms with Gasteiger partial charge in [0.25, 0.3) is 0 Å². The van der Waals surface area contributed by atoms with E-state index in [1.54, 1.807) is 19.1 Å². The van der Waals surface area contributed by atoms with Gasteiger partial charge in [0.05, 0.1) is 0 Å². The van der Waals surface area contributed by atoms with Crippen molar-refractivity contribution in [3.8, 4) is 11.4 Å². The summed E-state index contributed by atoms with van der Waals surface area (Å²) < 4.78 is 18.8. The summed E-state index contributed by atoms with van der Waals surface area (Å²) in [5.74, 6) is 0.522. The van der Waals surface area contributed by atoms with Crippen molar-refractivity contribution in [3.05, 3.63) is 35.5 Å². The van der Waals surface area contributed by atoms with E-state index in [4.69, 9.17) is 4.52 Å². The molecule has 0 saturated carbocycles. The maximum Gasteiger partial charge on any atom is 0.227 e. The maximum absolute atomic E-state index is 13.6. The van der Waals surface area contributed by atoms with Crippen molar-refractivity contribution < 1.29 is 13.7 Å². The number of halogens is 2. The molecule has 1 N–H and O–H groups in total. The van der Waals surface area contributed by atoms with Gasteiger partial charge in [0, 0.05) is 44.6 Å². The zero-order valence-electron chi connectivity index (χ0n) is 13.4. The highest BCUT2D eigenvalue weighted by atomic mass is 35.5. The fourth-order valence-electron chi connectivity index (χ4n) is 2.49.